The quantitative estimate of drug-likeness (QED) is 0.152. The highest BCUT2D eigenvalue weighted by Gasteiger charge is 2.13. The van der Waals surface area contributed by atoms with Crippen molar-refractivity contribution in [3.8, 4) is 11.5 Å². The van der Waals surface area contributed by atoms with Gasteiger partial charge in [-0.05, 0) is 121 Å². The Bertz CT molecular complexity index is 1560. The molecule has 4 aromatic carbocycles. The molecule has 0 fully saturated rings. The van der Waals surface area contributed by atoms with E-state index < -0.39 is 0 Å². The highest BCUT2D eigenvalue weighted by atomic mass is 35.5. The molecule has 0 aliphatic rings. The predicted molar refractivity (Wildman–Crippen MR) is 172 cm³/mol. The number of aromatic nitrogens is 3. The molecular weight excluding hydrogens is 569 g/mol. The number of anilines is 5. The molecule has 0 aliphatic carbocycles. The maximum absolute atomic E-state index is 5.86. The van der Waals surface area contributed by atoms with Crippen LogP contribution in [0.5, 0.6) is 11.5 Å². The van der Waals surface area contributed by atoms with Gasteiger partial charge >= 0.3 is 0 Å². The van der Waals surface area contributed by atoms with Gasteiger partial charge in [-0.3, -0.25) is 0 Å². The van der Waals surface area contributed by atoms with E-state index in [1.165, 1.54) is 0 Å². The van der Waals surface area contributed by atoms with Gasteiger partial charge < -0.3 is 19.7 Å². The van der Waals surface area contributed by atoms with Gasteiger partial charge in [0.1, 0.15) is 11.5 Å². The molecule has 9 heteroatoms. The van der Waals surface area contributed by atoms with Gasteiger partial charge in [0.15, 0.2) is 0 Å². The Labute approximate surface area is 255 Å². The number of halogens is 2. The van der Waals surface area contributed by atoms with Crippen molar-refractivity contribution in [1.29, 1.82) is 0 Å². The number of nitrogens with zero attached hydrogens (tertiary/aromatic N) is 4. The number of hydrogen-bond acceptors (Lipinski definition) is 7. The van der Waals surface area contributed by atoms with Crippen LogP contribution in [-0.2, 0) is 0 Å². The first-order chi connectivity index (χ1) is 20.5. The molecule has 1 aromatic heterocycles. The maximum Gasteiger partial charge on any atom is 0.232 e. The van der Waals surface area contributed by atoms with Crippen molar-refractivity contribution in [3.63, 3.8) is 0 Å². The van der Waals surface area contributed by atoms with Gasteiger partial charge in [0.25, 0.3) is 0 Å². The zero-order valence-corrected chi connectivity index (χ0v) is 24.7. The van der Waals surface area contributed by atoms with Crippen LogP contribution in [0.3, 0.4) is 0 Å². The molecule has 7 nitrogen and oxygen atoms in total. The van der Waals surface area contributed by atoms with Crippen molar-refractivity contribution in [2.24, 2.45) is 0 Å². The second-order valence-corrected chi connectivity index (χ2v) is 9.73. The molecule has 5 rings (SSSR count). The summed E-state index contributed by atoms with van der Waals surface area (Å²) >= 11 is 11.7. The second-order valence-electron chi connectivity index (χ2n) is 9.06. The standard InChI is InChI=1S/C33H29Cl2N5O2/c1-3-41-29-19-15-27(16-20-29)40(28-17-21-30(22-18-28)42-4-2)26-13-9-24(10-14-26)6-5-23-7-11-25(12-8-23)36-33-38-31(34)37-32(35)39-33/h5-22H,3-4H2,1-2H3,(H,36,37,38,39)/b6-5+. The van der Waals surface area contributed by atoms with E-state index in [0.717, 1.165) is 45.4 Å². The van der Waals surface area contributed by atoms with E-state index in [2.05, 4.69) is 85.9 Å². The third-order valence-corrected chi connectivity index (χ3v) is 6.52. The van der Waals surface area contributed by atoms with Gasteiger partial charge in [0.2, 0.25) is 16.5 Å². The lowest BCUT2D eigenvalue weighted by atomic mass is 10.1. The Kier molecular flexibility index (Phi) is 9.54. The molecule has 0 saturated heterocycles. The Balaban J connectivity index is 1.33. The Morgan fingerprint density at radius 2 is 1.00 bits per heavy atom. The molecular formula is C33H29Cl2N5O2. The first kappa shape index (κ1) is 28.9. The van der Waals surface area contributed by atoms with Crippen LogP contribution < -0.4 is 19.7 Å². The van der Waals surface area contributed by atoms with Crippen LogP contribution in [0.2, 0.25) is 10.6 Å². The average molecular weight is 599 g/mol. The number of nitrogens with one attached hydrogen (secondary N) is 1. The molecule has 0 radical (unpaired) electrons. The van der Waals surface area contributed by atoms with Crippen molar-refractivity contribution in [1.82, 2.24) is 15.0 Å². The zero-order chi connectivity index (χ0) is 29.3. The van der Waals surface area contributed by atoms with Gasteiger partial charge in [-0.2, -0.15) is 15.0 Å². The molecule has 42 heavy (non-hydrogen) atoms. The minimum atomic E-state index is 0.0325. The maximum atomic E-state index is 5.86. The summed E-state index contributed by atoms with van der Waals surface area (Å²) in [4.78, 5) is 14.0. The van der Waals surface area contributed by atoms with Crippen molar-refractivity contribution >= 4 is 64.1 Å². The van der Waals surface area contributed by atoms with E-state index in [9.17, 15) is 0 Å². The van der Waals surface area contributed by atoms with E-state index in [1.807, 2.05) is 62.4 Å². The molecule has 0 atom stereocenters. The number of hydrogen-bond donors (Lipinski definition) is 1. The molecule has 0 bridgehead atoms. The summed E-state index contributed by atoms with van der Waals surface area (Å²) in [5, 5.41) is 3.14. The summed E-state index contributed by atoms with van der Waals surface area (Å²) in [7, 11) is 0. The summed E-state index contributed by atoms with van der Waals surface area (Å²) in [5.41, 5.74) is 6.02. The van der Waals surface area contributed by atoms with Crippen molar-refractivity contribution < 1.29 is 9.47 Å². The highest BCUT2D eigenvalue weighted by Crippen LogP contribution is 2.36. The van der Waals surface area contributed by atoms with Crippen LogP contribution in [0.1, 0.15) is 25.0 Å². The summed E-state index contributed by atoms with van der Waals surface area (Å²) in [5.74, 6) is 1.97. The van der Waals surface area contributed by atoms with Crippen molar-refractivity contribution in [3.05, 3.63) is 119 Å². The van der Waals surface area contributed by atoms with E-state index in [1.54, 1.807) is 0 Å². The Hall–Kier alpha value is -4.59. The number of benzene rings is 4. The SMILES string of the molecule is CCOc1ccc(N(c2ccc(/C=C/c3ccc(Nc4nc(Cl)nc(Cl)n4)cc3)cc2)c2ccc(OCC)cc2)cc1. The number of ether oxygens (including phenoxy) is 2. The molecule has 0 spiro atoms. The minimum absolute atomic E-state index is 0.0325. The fourth-order valence-electron chi connectivity index (χ4n) is 4.28. The first-order valence-corrected chi connectivity index (χ1v) is 14.2. The largest absolute Gasteiger partial charge is 0.494 e. The van der Waals surface area contributed by atoms with Crippen LogP contribution in [0.4, 0.5) is 28.7 Å². The fourth-order valence-corrected chi connectivity index (χ4v) is 4.64. The van der Waals surface area contributed by atoms with Crippen LogP contribution in [0.15, 0.2) is 97.1 Å². The van der Waals surface area contributed by atoms with E-state index in [-0.39, 0.29) is 16.5 Å². The molecule has 212 valence electrons. The Morgan fingerprint density at radius 1 is 0.595 bits per heavy atom. The summed E-state index contributed by atoms with van der Waals surface area (Å²) in [6, 6.07) is 32.5. The molecule has 1 heterocycles. The third-order valence-electron chi connectivity index (χ3n) is 6.18. The lowest BCUT2D eigenvalue weighted by Crippen LogP contribution is -2.10. The van der Waals surface area contributed by atoms with Crippen LogP contribution >= 0.6 is 23.2 Å². The predicted octanol–water partition coefficient (Wildman–Crippen LogP) is 9.36. The van der Waals surface area contributed by atoms with Crippen LogP contribution in [-0.4, -0.2) is 28.2 Å². The number of rotatable bonds is 11. The molecule has 0 saturated carbocycles. The molecule has 0 unspecified atom stereocenters. The summed E-state index contributed by atoms with van der Waals surface area (Å²) in [6.45, 7) is 5.22. The van der Waals surface area contributed by atoms with Gasteiger partial charge in [-0.15, -0.1) is 0 Å². The van der Waals surface area contributed by atoms with Gasteiger partial charge in [-0.1, -0.05) is 36.4 Å². The van der Waals surface area contributed by atoms with Crippen LogP contribution in [0.25, 0.3) is 12.2 Å². The van der Waals surface area contributed by atoms with Crippen LogP contribution in [0, 0.1) is 0 Å². The monoisotopic (exact) mass is 597 g/mol. The normalized spacial score (nSPS) is 11.0. The first-order valence-electron chi connectivity index (χ1n) is 13.5. The molecule has 0 amide bonds. The van der Waals surface area contributed by atoms with E-state index >= 15 is 0 Å². The summed E-state index contributed by atoms with van der Waals surface area (Å²) in [6.07, 6.45) is 4.14. The minimum Gasteiger partial charge on any atom is -0.494 e. The molecule has 5 aromatic rings. The lowest BCUT2D eigenvalue weighted by molar-refractivity contribution is 0.340. The van der Waals surface area contributed by atoms with E-state index in [0.29, 0.717) is 13.2 Å². The summed E-state index contributed by atoms with van der Waals surface area (Å²) < 4.78 is 11.3. The fraction of sp³-hybridized carbons (Fsp3) is 0.121. The Morgan fingerprint density at radius 3 is 1.43 bits per heavy atom. The lowest BCUT2D eigenvalue weighted by Gasteiger charge is -2.26. The van der Waals surface area contributed by atoms with Crippen molar-refractivity contribution in [2.75, 3.05) is 23.4 Å². The second kappa shape index (κ2) is 13.9. The van der Waals surface area contributed by atoms with Gasteiger partial charge in [0, 0.05) is 22.7 Å². The smallest absolute Gasteiger partial charge is 0.232 e. The highest BCUT2D eigenvalue weighted by molar-refractivity contribution is 6.31. The van der Waals surface area contributed by atoms with E-state index in [4.69, 9.17) is 32.7 Å². The topological polar surface area (TPSA) is 72.4 Å². The van der Waals surface area contributed by atoms with Gasteiger partial charge in [0.05, 0.1) is 13.2 Å². The average Bonchev–Trinajstić information content (AvgIpc) is 2.99. The van der Waals surface area contributed by atoms with Crippen molar-refractivity contribution in [2.45, 2.75) is 13.8 Å². The molecule has 1 N–H and O–H groups in total. The van der Waals surface area contributed by atoms with Gasteiger partial charge in [-0.25, -0.2) is 0 Å². The molecule has 0 aliphatic heterocycles. The third kappa shape index (κ3) is 7.57. The zero-order valence-electron chi connectivity index (χ0n) is 23.2.